The van der Waals surface area contributed by atoms with Crippen molar-refractivity contribution in [3.05, 3.63) is 58.6 Å². The minimum atomic E-state index is -4.76. The molecule has 7 heteroatoms. The molecule has 2 aromatic carbocycles. The van der Waals surface area contributed by atoms with Gasteiger partial charge in [-0.05, 0) is 48.9 Å². The highest BCUT2D eigenvalue weighted by Gasteiger charge is 2.31. The van der Waals surface area contributed by atoms with E-state index in [2.05, 4.69) is 10.1 Å². The molecule has 0 saturated heterocycles. The first kappa shape index (κ1) is 16.2. The molecule has 22 heavy (non-hydrogen) atoms. The Hall–Kier alpha value is -2.21. The van der Waals surface area contributed by atoms with E-state index in [4.69, 9.17) is 11.6 Å². The first-order valence-corrected chi connectivity index (χ1v) is 6.56. The lowest BCUT2D eigenvalue weighted by Crippen LogP contribution is -2.17. The second-order valence-electron chi connectivity index (χ2n) is 4.44. The van der Waals surface area contributed by atoms with Gasteiger partial charge in [0, 0.05) is 16.3 Å². The van der Waals surface area contributed by atoms with Crippen LogP contribution in [0.1, 0.15) is 15.9 Å². The van der Waals surface area contributed by atoms with E-state index in [1.807, 2.05) is 0 Å². The Balaban J connectivity index is 2.12. The monoisotopic (exact) mass is 329 g/mol. The molecule has 0 saturated carbocycles. The van der Waals surface area contributed by atoms with Crippen LogP contribution in [0.25, 0.3) is 0 Å². The van der Waals surface area contributed by atoms with Crippen LogP contribution < -0.4 is 10.1 Å². The van der Waals surface area contributed by atoms with Gasteiger partial charge in [0.2, 0.25) is 0 Å². The third-order valence-corrected chi connectivity index (χ3v) is 3.28. The molecule has 0 atom stereocenters. The fourth-order valence-electron chi connectivity index (χ4n) is 1.75. The maximum absolute atomic E-state index is 12.1. The van der Waals surface area contributed by atoms with Crippen LogP contribution >= 0.6 is 11.6 Å². The standard InChI is InChI=1S/C15H11ClF3NO2/c1-9-12(16)3-2-4-13(9)20-14(21)10-5-7-11(8-6-10)22-15(17,18)19/h2-8H,1H3,(H,20,21). The van der Waals surface area contributed by atoms with Crippen LogP contribution in [0.2, 0.25) is 5.02 Å². The summed E-state index contributed by atoms with van der Waals surface area (Å²) in [7, 11) is 0. The molecular formula is C15H11ClF3NO2. The number of hydrogen-bond donors (Lipinski definition) is 1. The zero-order valence-electron chi connectivity index (χ0n) is 11.4. The van der Waals surface area contributed by atoms with Crippen LogP contribution in [0.15, 0.2) is 42.5 Å². The third kappa shape index (κ3) is 4.14. The van der Waals surface area contributed by atoms with Crippen molar-refractivity contribution in [1.29, 1.82) is 0 Å². The van der Waals surface area contributed by atoms with Crippen LogP contribution in [-0.2, 0) is 0 Å². The fraction of sp³-hybridized carbons (Fsp3) is 0.133. The molecule has 116 valence electrons. The Morgan fingerprint density at radius 2 is 1.77 bits per heavy atom. The molecule has 2 aromatic rings. The Kier molecular flexibility index (Phi) is 4.61. The molecule has 0 unspecified atom stereocenters. The minimum absolute atomic E-state index is 0.203. The second-order valence-corrected chi connectivity index (χ2v) is 4.85. The lowest BCUT2D eigenvalue weighted by Gasteiger charge is -2.11. The molecule has 1 amide bonds. The van der Waals surface area contributed by atoms with Crippen LogP contribution in [-0.4, -0.2) is 12.3 Å². The lowest BCUT2D eigenvalue weighted by molar-refractivity contribution is -0.274. The highest BCUT2D eigenvalue weighted by atomic mass is 35.5. The predicted molar refractivity (Wildman–Crippen MR) is 77.3 cm³/mol. The third-order valence-electron chi connectivity index (χ3n) is 2.87. The summed E-state index contributed by atoms with van der Waals surface area (Å²) in [6.45, 7) is 1.75. The van der Waals surface area contributed by atoms with Gasteiger partial charge in [0.15, 0.2) is 0 Å². The maximum Gasteiger partial charge on any atom is 0.573 e. The number of benzene rings is 2. The second kappa shape index (κ2) is 6.27. The Bertz CT molecular complexity index is 684. The number of carbonyl (C=O) groups excluding carboxylic acids is 1. The van der Waals surface area contributed by atoms with Crippen molar-refractivity contribution in [2.45, 2.75) is 13.3 Å². The fourth-order valence-corrected chi connectivity index (χ4v) is 1.92. The minimum Gasteiger partial charge on any atom is -0.406 e. The quantitative estimate of drug-likeness (QED) is 0.878. The number of hydrogen-bond acceptors (Lipinski definition) is 2. The Morgan fingerprint density at radius 1 is 1.14 bits per heavy atom. The van der Waals surface area contributed by atoms with Crippen molar-refractivity contribution in [3.8, 4) is 5.75 Å². The summed E-state index contributed by atoms with van der Waals surface area (Å²) in [5.74, 6) is -0.841. The number of nitrogens with one attached hydrogen (secondary N) is 1. The smallest absolute Gasteiger partial charge is 0.406 e. The van der Waals surface area contributed by atoms with Crippen molar-refractivity contribution in [2.75, 3.05) is 5.32 Å². The number of rotatable bonds is 3. The van der Waals surface area contributed by atoms with Gasteiger partial charge in [-0.25, -0.2) is 0 Å². The maximum atomic E-state index is 12.1. The van der Waals surface area contributed by atoms with Crippen molar-refractivity contribution < 1.29 is 22.7 Å². The average Bonchev–Trinajstić information content (AvgIpc) is 2.43. The first-order chi connectivity index (χ1) is 10.3. The molecule has 2 rings (SSSR count). The summed E-state index contributed by atoms with van der Waals surface area (Å²) >= 11 is 5.95. The normalized spacial score (nSPS) is 11.1. The number of halogens is 4. The van der Waals surface area contributed by atoms with Crippen LogP contribution in [0.4, 0.5) is 18.9 Å². The zero-order chi connectivity index (χ0) is 16.3. The van der Waals surface area contributed by atoms with Gasteiger partial charge in [0.25, 0.3) is 5.91 Å². The summed E-state index contributed by atoms with van der Waals surface area (Å²) in [5.41, 5.74) is 1.44. The molecule has 0 bridgehead atoms. The van der Waals surface area contributed by atoms with E-state index in [0.29, 0.717) is 16.3 Å². The Labute approximate surface area is 129 Å². The molecule has 0 heterocycles. The summed E-state index contributed by atoms with van der Waals surface area (Å²) in [4.78, 5) is 12.1. The predicted octanol–water partition coefficient (Wildman–Crippen LogP) is 4.80. The van der Waals surface area contributed by atoms with Crippen molar-refractivity contribution in [2.24, 2.45) is 0 Å². The van der Waals surface area contributed by atoms with E-state index in [1.165, 1.54) is 12.1 Å². The van der Waals surface area contributed by atoms with E-state index in [9.17, 15) is 18.0 Å². The van der Waals surface area contributed by atoms with Gasteiger partial charge in [-0.1, -0.05) is 17.7 Å². The van der Waals surface area contributed by atoms with Gasteiger partial charge in [-0.15, -0.1) is 13.2 Å². The molecule has 3 nitrogen and oxygen atoms in total. The number of anilines is 1. The summed E-state index contributed by atoms with van der Waals surface area (Å²) in [5, 5.41) is 3.15. The molecule has 0 aliphatic heterocycles. The van der Waals surface area contributed by atoms with Crippen molar-refractivity contribution >= 4 is 23.2 Å². The summed E-state index contributed by atoms with van der Waals surface area (Å²) < 4.78 is 39.9. The highest BCUT2D eigenvalue weighted by Crippen LogP contribution is 2.25. The van der Waals surface area contributed by atoms with Crippen molar-refractivity contribution in [1.82, 2.24) is 0 Å². The number of alkyl halides is 3. The molecule has 0 aliphatic carbocycles. The molecule has 1 N–H and O–H groups in total. The molecule has 0 aromatic heterocycles. The van der Waals surface area contributed by atoms with E-state index in [-0.39, 0.29) is 11.3 Å². The van der Waals surface area contributed by atoms with Gasteiger partial charge in [0.05, 0.1) is 0 Å². The Morgan fingerprint density at radius 3 is 2.36 bits per heavy atom. The topological polar surface area (TPSA) is 38.3 Å². The number of carbonyl (C=O) groups is 1. The summed E-state index contributed by atoms with van der Waals surface area (Å²) in [6, 6.07) is 9.70. The zero-order valence-corrected chi connectivity index (χ0v) is 12.1. The van der Waals surface area contributed by atoms with Gasteiger partial charge < -0.3 is 10.1 Å². The van der Waals surface area contributed by atoms with E-state index >= 15 is 0 Å². The number of ether oxygens (including phenoxy) is 1. The van der Waals surface area contributed by atoms with Gasteiger partial charge >= 0.3 is 6.36 Å². The largest absolute Gasteiger partial charge is 0.573 e. The lowest BCUT2D eigenvalue weighted by atomic mass is 10.1. The SMILES string of the molecule is Cc1c(Cl)cccc1NC(=O)c1ccc(OC(F)(F)F)cc1. The van der Waals surface area contributed by atoms with Crippen LogP contribution in [0.5, 0.6) is 5.75 Å². The van der Waals surface area contributed by atoms with Crippen LogP contribution in [0.3, 0.4) is 0 Å². The highest BCUT2D eigenvalue weighted by molar-refractivity contribution is 6.31. The van der Waals surface area contributed by atoms with Crippen LogP contribution in [0, 0.1) is 6.92 Å². The number of amides is 1. The van der Waals surface area contributed by atoms with Crippen molar-refractivity contribution in [3.63, 3.8) is 0 Å². The molecular weight excluding hydrogens is 319 g/mol. The summed E-state index contributed by atoms with van der Waals surface area (Å²) in [6.07, 6.45) is -4.76. The van der Waals surface area contributed by atoms with Gasteiger partial charge in [-0.3, -0.25) is 4.79 Å². The van der Waals surface area contributed by atoms with Gasteiger partial charge in [-0.2, -0.15) is 0 Å². The molecule has 0 spiro atoms. The molecule has 0 fully saturated rings. The van der Waals surface area contributed by atoms with E-state index in [0.717, 1.165) is 12.1 Å². The molecule has 0 aliphatic rings. The van der Waals surface area contributed by atoms with E-state index < -0.39 is 12.3 Å². The molecule has 0 radical (unpaired) electrons. The van der Waals surface area contributed by atoms with E-state index in [1.54, 1.807) is 25.1 Å². The van der Waals surface area contributed by atoms with Gasteiger partial charge in [0.1, 0.15) is 5.75 Å². The average molecular weight is 330 g/mol. The first-order valence-electron chi connectivity index (χ1n) is 6.18.